The van der Waals surface area contributed by atoms with Gasteiger partial charge in [0.2, 0.25) is 5.91 Å². The third kappa shape index (κ3) is 5.67. The van der Waals surface area contributed by atoms with Crippen molar-refractivity contribution in [3.63, 3.8) is 0 Å². The molecule has 0 aromatic heterocycles. The number of piperidine rings is 1. The van der Waals surface area contributed by atoms with E-state index < -0.39 is 12.6 Å². The van der Waals surface area contributed by atoms with Crippen molar-refractivity contribution < 1.29 is 19.5 Å². The molecule has 1 heterocycles. The van der Waals surface area contributed by atoms with Gasteiger partial charge in [0, 0.05) is 6.42 Å². The number of hydrogen-bond donors (Lipinski definition) is 3. The second kappa shape index (κ2) is 7.19. The predicted octanol–water partition coefficient (Wildman–Crippen LogP) is -0.101. The Morgan fingerprint density at radius 3 is 2.94 bits per heavy atom. The summed E-state index contributed by atoms with van der Waals surface area (Å²) < 4.78 is 0. The molecule has 1 aliphatic rings. The number of carbonyl (C=O) groups excluding carboxylic acids is 1. The van der Waals surface area contributed by atoms with Crippen molar-refractivity contribution in [3.05, 3.63) is 0 Å². The molecule has 1 rings (SSSR count). The average molecular weight is 230 g/mol. The van der Waals surface area contributed by atoms with Gasteiger partial charge in [-0.25, -0.2) is 10.3 Å². The molecule has 6 heteroatoms. The number of nitrogens with one attached hydrogen (secondary N) is 2. The molecule has 0 aromatic carbocycles. The molecule has 92 valence electrons. The number of rotatable bonds is 6. The highest BCUT2D eigenvalue weighted by atomic mass is 16.7. The topological polar surface area (TPSA) is 87.7 Å². The lowest BCUT2D eigenvalue weighted by Gasteiger charge is -2.22. The summed E-state index contributed by atoms with van der Waals surface area (Å²) in [6.07, 6.45) is 3.50. The van der Waals surface area contributed by atoms with Gasteiger partial charge in [-0.1, -0.05) is 0 Å². The molecule has 1 aliphatic heterocycles. The van der Waals surface area contributed by atoms with E-state index in [1.54, 1.807) is 0 Å². The van der Waals surface area contributed by atoms with Gasteiger partial charge in [0.1, 0.15) is 0 Å². The number of carboxylic acid groups (broad SMARTS) is 1. The Morgan fingerprint density at radius 2 is 2.31 bits per heavy atom. The first-order chi connectivity index (χ1) is 7.68. The Kier molecular flexibility index (Phi) is 5.81. The summed E-state index contributed by atoms with van der Waals surface area (Å²) in [5.74, 6) is -0.817. The van der Waals surface area contributed by atoms with Crippen molar-refractivity contribution in [3.8, 4) is 0 Å². The maximum absolute atomic E-state index is 11.2. The van der Waals surface area contributed by atoms with Crippen molar-refractivity contribution >= 4 is 11.9 Å². The quantitative estimate of drug-likeness (QED) is 0.554. The highest BCUT2D eigenvalue weighted by Gasteiger charge is 2.14. The van der Waals surface area contributed by atoms with E-state index >= 15 is 0 Å². The third-order valence-corrected chi connectivity index (χ3v) is 2.56. The molecular weight excluding hydrogens is 212 g/mol. The zero-order valence-electron chi connectivity index (χ0n) is 9.20. The van der Waals surface area contributed by atoms with Crippen LogP contribution in [0.25, 0.3) is 0 Å². The highest BCUT2D eigenvalue weighted by Crippen LogP contribution is 2.15. The van der Waals surface area contributed by atoms with Gasteiger partial charge >= 0.3 is 5.97 Å². The van der Waals surface area contributed by atoms with E-state index in [2.05, 4.69) is 15.6 Å². The van der Waals surface area contributed by atoms with Crippen LogP contribution in [0.15, 0.2) is 0 Å². The van der Waals surface area contributed by atoms with E-state index in [-0.39, 0.29) is 5.91 Å². The fourth-order valence-electron chi connectivity index (χ4n) is 1.73. The van der Waals surface area contributed by atoms with Crippen LogP contribution in [-0.2, 0) is 14.4 Å². The summed E-state index contributed by atoms with van der Waals surface area (Å²) in [7, 11) is 0. The summed E-state index contributed by atoms with van der Waals surface area (Å²) in [5, 5.41) is 11.6. The molecule has 0 aliphatic carbocycles. The minimum absolute atomic E-state index is 0.258. The minimum Gasteiger partial charge on any atom is -0.479 e. The molecule has 0 radical (unpaired) electrons. The molecule has 1 saturated heterocycles. The number of carboxylic acids is 1. The van der Waals surface area contributed by atoms with E-state index in [0.717, 1.165) is 32.4 Å². The number of carbonyl (C=O) groups is 2. The molecule has 1 atom stereocenters. The van der Waals surface area contributed by atoms with Crippen molar-refractivity contribution in [2.45, 2.75) is 25.7 Å². The van der Waals surface area contributed by atoms with Crippen LogP contribution in [0.2, 0.25) is 0 Å². The summed E-state index contributed by atoms with van der Waals surface area (Å²) in [6.45, 7) is 1.52. The first kappa shape index (κ1) is 12.9. The lowest BCUT2D eigenvalue weighted by atomic mass is 9.95. The SMILES string of the molecule is O=C(O)CONC(=O)CCC1CCCNC1. The molecule has 1 unspecified atom stereocenters. The first-order valence-corrected chi connectivity index (χ1v) is 5.51. The summed E-state index contributed by atoms with van der Waals surface area (Å²) in [4.78, 5) is 25.8. The van der Waals surface area contributed by atoms with Gasteiger partial charge in [-0.3, -0.25) is 9.63 Å². The van der Waals surface area contributed by atoms with Crippen LogP contribution in [0.4, 0.5) is 0 Å². The Balaban J connectivity index is 2.02. The van der Waals surface area contributed by atoms with E-state index in [1.807, 2.05) is 0 Å². The van der Waals surface area contributed by atoms with Crippen LogP contribution in [0.1, 0.15) is 25.7 Å². The normalized spacial score (nSPS) is 20.4. The Hall–Kier alpha value is -1.14. The zero-order chi connectivity index (χ0) is 11.8. The minimum atomic E-state index is -1.10. The number of hydrogen-bond acceptors (Lipinski definition) is 4. The monoisotopic (exact) mass is 230 g/mol. The van der Waals surface area contributed by atoms with Crippen LogP contribution >= 0.6 is 0 Å². The fraction of sp³-hybridized carbons (Fsp3) is 0.800. The second-order valence-electron chi connectivity index (χ2n) is 3.96. The van der Waals surface area contributed by atoms with E-state index in [1.165, 1.54) is 0 Å². The smallest absolute Gasteiger partial charge is 0.332 e. The molecule has 0 spiro atoms. The summed E-state index contributed by atoms with van der Waals surface area (Å²) in [5.41, 5.74) is 2.11. The van der Waals surface area contributed by atoms with Crippen molar-refractivity contribution in [1.29, 1.82) is 0 Å². The molecule has 0 aromatic rings. The number of amides is 1. The second-order valence-corrected chi connectivity index (χ2v) is 3.96. The van der Waals surface area contributed by atoms with E-state index in [4.69, 9.17) is 5.11 Å². The van der Waals surface area contributed by atoms with Crippen LogP contribution in [0.3, 0.4) is 0 Å². The third-order valence-electron chi connectivity index (χ3n) is 2.56. The highest BCUT2D eigenvalue weighted by molar-refractivity contribution is 5.75. The lowest BCUT2D eigenvalue weighted by Crippen LogP contribution is -2.31. The maximum atomic E-state index is 11.2. The van der Waals surface area contributed by atoms with Crippen LogP contribution in [0, 0.1) is 5.92 Å². The van der Waals surface area contributed by atoms with Gasteiger partial charge in [-0.15, -0.1) is 0 Å². The molecule has 1 fully saturated rings. The largest absolute Gasteiger partial charge is 0.479 e. The van der Waals surface area contributed by atoms with Crippen molar-refractivity contribution in [2.75, 3.05) is 19.7 Å². The molecule has 0 bridgehead atoms. The molecule has 6 nitrogen and oxygen atoms in total. The van der Waals surface area contributed by atoms with Crippen LogP contribution < -0.4 is 10.8 Å². The molecule has 0 saturated carbocycles. The molecule has 16 heavy (non-hydrogen) atoms. The molecule has 1 amide bonds. The zero-order valence-corrected chi connectivity index (χ0v) is 9.20. The molecule has 3 N–H and O–H groups in total. The predicted molar refractivity (Wildman–Crippen MR) is 56.6 cm³/mol. The van der Waals surface area contributed by atoms with E-state index in [9.17, 15) is 9.59 Å². The lowest BCUT2D eigenvalue weighted by molar-refractivity contribution is -0.149. The standard InChI is InChI=1S/C10H18N2O4/c13-9(12-16-7-10(14)15)4-3-8-2-1-5-11-6-8/h8,11H,1-7H2,(H,12,13)(H,14,15). The molecular formula is C10H18N2O4. The number of hydroxylamine groups is 1. The maximum Gasteiger partial charge on any atom is 0.332 e. The van der Waals surface area contributed by atoms with Crippen LogP contribution in [0.5, 0.6) is 0 Å². The van der Waals surface area contributed by atoms with Crippen molar-refractivity contribution in [1.82, 2.24) is 10.8 Å². The van der Waals surface area contributed by atoms with Gasteiger partial charge in [0.15, 0.2) is 6.61 Å². The Bertz CT molecular complexity index is 239. The van der Waals surface area contributed by atoms with Gasteiger partial charge in [-0.05, 0) is 38.3 Å². The van der Waals surface area contributed by atoms with Crippen LogP contribution in [-0.4, -0.2) is 36.7 Å². The average Bonchev–Trinajstić information content (AvgIpc) is 2.27. The fourth-order valence-corrected chi connectivity index (χ4v) is 1.73. The number of aliphatic carboxylic acids is 1. The summed E-state index contributed by atoms with van der Waals surface area (Å²) >= 11 is 0. The van der Waals surface area contributed by atoms with Gasteiger partial charge in [-0.2, -0.15) is 0 Å². The van der Waals surface area contributed by atoms with Crippen molar-refractivity contribution in [2.24, 2.45) is 5.92 Å². The Morgan fingerprint density at radius 1 is 1.50 bits per heavy atom. The first-order valence-electron chi connectivity index (χ1n) is 5.51. The van der Waals surface area contributed by atoms with Gasteiger partial charge in [0.05, 0.1) is 0 Å². The van der Waals surface area contributed by atoms with E-state index in [0.29, 0.717) is 12.3 Å². The Labute approximate surface area is 94.3 Å². The van der Waals surface area contributed by atoms with Gasteiger partial charge in [0.25, 0.3) is 0 Å². The summed E-state index contributed by atoms with van der Waals surface area (Å²) in [6, 6.07) is 0. The van der Waals surface area contributed by atoms with Gasteiger partial charge < -0.3 is 10.4 Å².